The number of fused-ring (bicyclic) bond motifs is 1. The zero-order valence-electron chi connectivity index (χ0n) is 17.6. The molecular formula is C23H25N3O3S. The van der Waals surface area contributed by atoms with Gasteiger partial charge in [-0.2, -0.15) is 0 Å². The Morgan fingerprint density at radius 2 is 1.97 bits per heavy atom. The first kappa shape index (κ1) is 20.3. The molecule has 1 aliphatic heterocycles. The van der Waals surface area contributed by atoms with E-state index in [2.05, 4.69) is 10.3 Å². The van der Waals surface area contributed by atoms with Crippen LogP contribution in [0.1, 0.15) is 55.8 Å². The number of thiazole rings is 1. The Balaban J connectivity index is 1.50. The van der Waals surface area contributed by atoms with Gasteiger partial charge in [0.1, 0.15) is 17.4 Å². The van der Waals surface area contributed by atoms with Crippen molar-refractivity contribution in [3.63, 3.8) is 0 Å². The molecule has 30 heavy (non-hydrogen) atoms. The molecule has 2 aromatic heterocycles. The first-order chi connectivity index (χ1) is 14.2. The van der Waals surface area contributed by atoms with E-state index in [1.807, 2.05) is 52.0 Å². The molecule has 0 spiro atoms. The lowest BCUT2D eigenvalue weighted by molar-refractivity contribution is -0.119. The molecule has 0 unspecified atom stereocenters. The predicted molar refractivity (Wildman–Crippen MR) is 118 cm³/mol. The number of ketones is 1. The highest BCUT2D eigenvalue weighted by molar-refractivity contribution is 7.19. The molecule has 1 atom stereocenters. The highest BCUT2D eigenvalue weighted by Crippen LogP contribution is 2.35. The molecule has 6 nitrogen and oxygen atoms in total. The van der Waals surface area contributed by atoms with Gasteiger partial charge in [0.2, 0.25) is 5.91 Å². The molecule has 1 aromatic carbocycles. The summed E-state index contributed by atoms with van der Waals surface area (Å²) in [5.41, 5.74) is 2.24. The summed E-state index contributed by atoms with van der Waals surface area (Å²) in [5.74, 6) is 0.751. The summed E-state index contributed by atoms with van der Waals surface area (Å²) in [7, 11) is 0. The van der Waals surface area contributed by atoms with E-state index >= 15 is 0 Å². The molecule has 7 heteroatoms. The number of aryl methyl sites for hydroxylation is 1. The van der Waals surface area contributed by atoms with Crippen molar-refractivity contribution in [2.75, 3.05) is 5.32 Å². The minimum absolute atomic E-state index is 0.0790. The maximum absolute atomic E-state index is 12.9. The van der Waals surface area contributed by atoms with Crippen LogP contribution in [-0.4, -0.2) is 26.8 Å². The summed E-state index contributed by atoms with van der Waals surface area (Å²) in [6.07, 6.45) is 2.67. The number of nitrogens with zero attached hydrogens (tertiary/aromatic N) is 2. The Morgan fingerprint density at radius 1 is 1.23 bits per heavy atom. The fraction of sp³-hybridized carbons (Fsp3) is 0.348. The van der Waals surface area contributed by atoms with Crippen molar-refractivity contribution in [3.05, 3.63) is 54.0 Å². The van der Waals surface area contributed by atoms with Gasteiger partial charge >= 0.3 is 0 Å². The van der Waals surface area contributed by atoms with E-state index in [0.29, 0.717) is 23.7 Å². The van der Waals surface area contributed by atoms with Crippen molar-refractivity contribution < 1.29 is 14.3 Å². The Hall–Kier alpha value is -2.93. The lowest BCUT2D eigenvalue weighted by atomic mass is 10.0. The number of anilines is 1. The van der Waals surface area contributed by atoms with E-state index in [1.165, 1.54) is 11.3 Å². The first-order valence-electron chi connectivity index (χ1n) is 9.99. The molecule has 0 saturated carbocycles. The van der Waals surface area contributed by atoms with Crippen LogP contribution in [0.5, 0.6) is 5.75 Å². The number of nitrogens with one attached hydrogen (secondary N) is 1. The molecule has 1 aliphatic rings. The second-order valence-corrected chi connectivity index (χ2v) is 9.44. The van der Waals surface area contributed by atoms with Gasteiger partial charge in [0.25, 0.3) is 0 Å². The van der Waals surface area contributed by atoms with Gasteiger partial charge in [0.05, 0.1) is 16.3 Å². The zero-order chi connectivity index (χ0) is 21.5. The largest absolute Gasteiger partial charge is 0.488 e. The number of aromatic nitrogens is 2. The van der Waals surface area contributed by atoms with Gasteiger partial charge in [0.15, 0.2) is 10.9 Å². The fourth-order valence-electron chi connectivity index (χ4n) is 3.63. The van der Waals surface area contributed by atoms with Crippen molar-refractivity contribution in [1.82, 2.24) is 9.55 Å². The quantitative estimate of drug-likeness (QED) is 0.622. The first-order valence-corrected chi connectivity index (χ1v) is 10.8. The topological polar surface area (TPSA) is 73.2 Å². The summed E-state index contributed by atoms with van der Waals surface area (Å²) < 4.78 is 7.64. The van der Waals surface area contributed by atoms with Gasteiger partial charge in [-0.25, -0.2) is 4.98 Å². The molecule has 0 fully saturated rings. The van der Waals surface area contributed by atoms with E-state index in [4.69, 9.17) is 4.74 Å². The number of ether oxygens (including phenoxy) is 1. The lowest BCUT2D eigenvalue weighted by Crippen LogP contribution is -2.31. The van der Waals surface area contributed by atoms with Crippen LogP contribution in [0, 0.1) is 6.92 Å². The molecule has 1 amide bonds. The zero-order valence-corrected chi connectivity index (χ0v) is 18.4. The highest BCUT2D eigenvalue weighted by Gasteiger charge is 2.30. The molecule has 0 saturated heterocycles. The van der Waals surface area contributed by atoms with Crippen LogP contribution in [0.25, 0.3) is 10.4 Å². The molecular weight excluding hydrogens is 398 g/mol. The van der Waals surface area contributed by atoms with Gasteiger partial charge in [-0.1, -0.05) is 11.3 Å². The van der Waals surface area contributed by atoms with Crippen molar-refractivity contribution in [2.45, 2.75) is 52.2 Å². The average Bonchev–Trinajstić information content (AvgIpc) is 3.29. The second-order valence-electron chi connectivity index (χ2n) is 8.44. The minimum Gasteiger partial charge on any atom is -0.488 e. The van der Waals surface area contributed by atoms with Crippen LogP contribution in [0.15, 0.2) is 42.6 Å². The summed E-state index contributed by atoms with van der Waals surface area (Å²) in [5, 5.41) is 3.51. The predicted octanol–water partition coefficient (Wildman–Crippen LogP) is 5.25. The van der Waals surface area contributed by atoms with E-state index in [-0.39, 0.29) is 17.3 Å². The third-order valence-corrected chi connectivity index (χ3v) is 6.04. The number of amides is 1. The molecule has 0 bridgehead atoms. The van der Waals surface area contributed by atoms with E-state index in [0.717, 1.165) is 21.9 Å². The third-order valence-electron chi connectivity index (χ3n) is 4.92. The Kier molecular flexibility index (Phi) is 5.24. The number of hydrogen-bond donors (Lipinski definition) is 1. The number of rotatable bonds is 4. The Bertz CT molecular complexity index is 1090. The van der Waals surface area contributed by atoms with Gasteiger partial charge in [0, 0.05) is 12.6 Å². The SMILES string of the molecule is Cc1nc(NC(=O)[C@@H]2CCC(=O)c3cccn32)sc1-c1ccc(OC(C)(C)C)cc1. The van der Waals surface area contributed by atoms with Crippen molar-refractivity contribution in [2.24, 2.45) is 0 Å². The van der Waals surface area contributed by atoms with Crippen LogP contribution in [0.4, 0.5) is 5.13 Å². The van der Waals surface area contributed by atoms with E-state index < -0.39 is 6.04 Å². The van der Waals surface area contributed by atoms with E-state index in [9.17, 15) is 9.59 Å². The van der Waals surface area contributed by atoms with Crippen molar-refractivity contribution >= 4 is 28.2 Å². The molecule has 1 N–H and O–H groups in total. The van der Waals surface area contributed by atoms with Gasteiger partial charge in [-0.05, 0) is 76.1 Å². The molecule has 0 aliphatic carbocycles. The van der Waals surface area contributed by atoms with Gasteiger partial charge < -0.3 is 14.6 Å². The van der Waals surface area contributed by atoms with Gasteiger partial charge in [-0.15, -0.1) is 0 Å². The maximum Gasteiger partial charge on any atom is 0.249 e. The second kappa shape index (κ2) is 7.72. The highest BCUT2D eigenvalue weighted by atomic mass is 32.1. The Labute approximate surface area is 179 Å². The molecule has 3 heterocycles. The lowest BCUT2D eigenvalue weighted by Gasteiger charge is -2.24. The fourth-order valence-corrected chi connectivity index (χ4v) is 4.60. The number of carbonyl (C=O) groups is 2. The van der Waals surface area contributed by atoms with Crippen LogP contribution < -0.4 is 10.1 Å². The number of Topliss-reactive ketones (excluding diaryl/α,β-unsaturated/α-hetero) is 1. The van der Waals surface area contributed by atoms with Crippen LogP contribution >= 0.6 is 11.3 Å². The van der Waals surface area contributed by atoms with Crippen LogP contribution in [0.3, 0.4) is 0 Å². The number of benzene rings is 1. The normalized spacial score (nSPS) is 16.3. The van der Waals surface area contributed by atoms with Gasteiger partial charge in [-0.3, -0.25) is 9.59 Å². The number of carbonyl (C=O) groups excluding carboxylic acids is 2. The molecule has 4 rings (SSSR count). The summed E-state index contributed by atoms with van der Waals surface area (Å²) >= 11 is 1.45. The summed E-state index contributed by atoms with van der Waals surface area (Å²) in [4.78, 5) is 30.4. The average molecular weight is 424 g/mol. The van der Waals surface area contributed by atoms with Crippen molar-refractivity contribution in [3.8, 4) is 16.2 Å². The summed E-state index contributed by atoms with van der Waals surface area (Å²) in [6, 6.07) is 11.1. The van der Waals surface area contributed by atoms with Crippen LogP contribution in [-0.2, 0) is 4.79 Å². The maximum atomic E-state index is 12.9. The smallest absolute Gasteiger partial charge is 0.249 e. The number of hydrogen-bond acceptors (Lipinski definition) is 5. The minimum atomic E-state index is -0.394. The third kappa shape index (κ3) is 4.16. The molecule has 156 valence electrons. The molecule has 0 radical (unpaired) electrons. The van der Waals surface area contributed by atoms with E-state index in [1.54, 1.807) is 22.9 Å². The van der Waals surface area contributed by atoms with Crippen molar-refractivity contribution in [1.29, 1.82) is 0 Å². The summed E-state index contributed by atoms with van der Waals surface area (Å²) in [6.45, 7) is 7.98. The molecule has 3 aromatic rings. The van der Waals surface area contributed by atoms with Crippen LogP contribution in [0.2, 0.25) is 0 Å². The Morgan fingerprint density at radius 3 is 2.67 bits per heavy atom. The monoisotopic (exact) mass is 423 g/mol. The standard InChI is InChI=1S/C23H25N3O3S/c1-14-20(15-7-9-16(10-8-15)29-23(2,3)4)30-22(24-14)25-21(28)18-11-12-19(27)17-6-5-13-26(17)18/h5-10,13,18H,11-12H2,1-4H3,(H,24,25,28)/t18-/m0/s1.